The summed E-state index contributed by atoms with van der Waals surface area (Å²) >= 11 is 0. The molecule has 1 atom stereocenters. The van der Waals surface area contributed by atoms with Gasteiger partial charge in [-0.15, -0.1) is 0 Å². The van der Waals surface area contributed by atoms with Crippen molar-refractivity contribution in [3.63, 3.8) is 0 Å². The molecule has 11 heteroatoms. The average molecular weight is 569 g/mol. The number of anilines is 1. The number of benzene rings is 2. The van der Waals surface area contributed by atoms with Gasteiger partial charge in [-0.3, -0.25) is 4.79 Å². The van der Waals surface area contributed by atoms with Gasteiger partial charge < -0.3 is 20.3 Å². The topological polar surface area (TPSA) is 126 Å². The van der Waals surface area contributed by atoms with E-state index >= 15 is 4.39 Å². The Hall–Kier alpha value is -4.82. The molecule has 2 N–H and O–H groups in total. The number of piperidine rings is 1. The molecule has 0 bridgehead atoms. The number of likely N-dealkylation sites (N-methyl/N-ethyl adjacent to an activating group) is 1. The summed E-state index contributed by atoms with van der Waals surface area (Å²) in [5.41, 5.74) is 6.86. The number of nitriles is 1. The highest BCUT2D eigenvalue weighted by atomic mass is 19.1. The van der Waals surface area contributed by atoms with E-state index in [1.54, 1.807) is 39.9 Å². The van der Waals surface area contributed by atoms with Crippen molar-refractivity contribution >= 4 is 22.8 Å². The Morgan fingerprint density at radius 2 is 1.95 bits per heavy atom. The number of amides is 1. The van der Waals surface area contributed by atoms with E-state index in [2.05, 4.69) is 16.0 Å². The SMILES string of the molecule is CN(C)C(C)(C)/C=C(\C#N)C(=O)N1CCC[C@@H](n2nc(-c3ccc(Oc4ccccc4)cc3F)c3c(N)ncnc32)C1. The molecule has 1 saturated heterocycles. The van der Waals surface area contributed by atoms with Crippen molar-refractivity contribution in [1.29, 1.82) is 5.26 Å². The van der Waals surface area contributed by atoms with E-state index < -0.39 is 11.4 Å². The Labute approximate surface area is 243 Å². The second kappa shape index (κ2) is 11.6. The second-order valence-corrected chi connectivity index (χ2v) is 11.1. The third kappa shape index (κ3) is 5.66. The van der Waals surface area contributed by atoms with E-state index in [0.29, 0.717) is 54.2 Å². The van der Waals surface area contributed by atoms with Gasteiger partial charge in [-0.2, -0.15) is 10.4 Å². The van der Waals surface area contributed by atoms with Gasteiger partial charge >= 0.3 is 0 Å². The summed E-state index contributed by atoms with van der Waals surface area (Å²) in [4.78, 5) is 25.6. The minimum atomic E-state index is -0.536. The molecule has 1 fully saturated rings. The van der Waals surface area contributed by atoms with Crippen LogP contribution < -0.4 is 10.5 Å². The quantitative estimate of drug-likeness (QED) is 0.245. The molecule has 1 amide bonds. The predicted octanol–water partition coefficient (Wildman–Crippen LogP) is 4.96. The molecule has 10 nitrogen and oxygen atoms in total. The molecule has 2 aromatic heterocycles. The van der Waals surface area contributed by atoms with Crippen LogP contribution in [0.2, 0.25) is 0 Å². The van der Waals surface area contributed by atoms with Gasteiger partial charge in [0.1, 0.15) is 46.8 Å². The normalized spacial score (nSPS) is 16.1. The first-order valence-corrected chi connectivity index (χ1v) is 13.7. The Bertz CT molecular complexity index is 1690. The van der Waals surface area contributed by atoms with E-state index in [-0.39, 0.29) is 28.9 Å². The van der Waals surface area contributed by atoms with Crippen molar-refractivity contribution < 1.29 is 13.9 Å². The van der Waals surface area contributed by atoms with Crippen LogP contribution in [0.5, 0.6) is 11.5 Å². The third-order valence-electron chi connectivity index (χ3n) is 7.72. The molecule has 0 saturated carbocycles. The number of fused-ring (bicyclic) bond motifs is 1. The number of nitrogen functional groups attached to an aromatic ring is 1. The average Bonchev–Trinajstić information content (AvgIpc) is 3.37. The van der Waals surface area contributed by atoms with E-state index in [1.807, 2.05) is 51.0 Å². The molecule has 1 aliphatic rings. The number of hydrogen-bond donors (Lipinski definition) is 1. The number of likely N-dealkylation sites (tertiary alicyclic amines) is 1. The zero-order valence-corrected chi connectivity index (χ0v) is 24.1. The van der Waals surface area contributed by atoms with E-state index in [1.165, 1.54) is 12.4 Å². The van der Waals surface area contributed by atoms with Crippen LogP contribution in [0, 0.1) is 17.1 Å². The highest BCUT2D eigenvalue weighted by Gasteiger charge is 2.31. The van der Waals surface area contributed by atoms with Gasteiger partial charge in [0.2, 0.25) is 0 Å². The first-order chi connectivity index (χ1) is 20.1. The molecule has 0 spiro atoms. The lowest BCUT2D eigenvalue weighted by atomic mass is 9.98. The van der Waals surface area contributed by atoms with Crippen molar-refractivity contribution in [1.82, 2.24) is 29.5 Å². The number of nitrogens with zero attached hydrogens (tertiary/aromatic N) is 7. The Kier molecular flexibility index (Phi) is 7.91. The molecule has 42 heavy (non-hydrogen) atoms. The summed E-state index contributed by atoms with van der Waals surface area (Å²) < 4.78 is 23.0. The maximum absolute atomic E-state index is 15.5. The molecule has 0 unspecified atom stereocenters. The van der Waals surface area contributed by atoms with Gasteiger partial charge in [-0.05, 0) is 71.1 Å². The smallest absolute Gasteiger partial charge is 0.264 e. The van der Waals surface area contributed by atoms with E-state index in [0.717, 1.165) is 0 Å². The van der Waals surface area contributed by atoms with Crippen LogP contribution >= 0.6 is 0 Å². The molecule has 4 aromatic rings. The van der Waals surface area contributed by atoms with Gasteiger partial charge in [-0.25, -0.2) is 19.0 Å². The highest BCUT2D eigenvalue weighted by molar-refractivity contribution is 5.99. The van der Waals surface area contributed by atoms with Crippen LogP contribution in [0.25, 0.3) is 22.3 Å². The first-order valence-electron chi connectivity index (χ1n) is 13.7. The van der Waals surface area contributed by atoms with Crippen LogP contribution in [0.3, 0.4) is 0 Å². The number of carbonyl (C=O) groups is 1. The lowest BCUT2D eigenvalue weighted by Gasteiger charge is -2.34. The fourth-order valence-electron chi connectivity index (χ4n) is 4.95. The number of ether oxygens (including phenoxy) is 1. The zero-order valence-electron chi connectivity index (χ0n) is 24.1. The summed E-state index contributed by atoms with van der Waals surface area (Å²) in [5.74, 6) is 0.243. The number of nitrogens with two attached hydrogens (primary N) is 1. The van der Waals surface area contributed by atoms with Crippen molar-refractivity contribution in [2.45, 2.75) is 38.3 Å². The van der Waals surface area contributed by atoms with Gasteiger partial charge in [-0.1, -0.05) is 18.2 Å². The van der Waals surface area contributed by atoms with Crippen LogP contribution in [0.1, 0.15) is 32.7 Å². The maximum atomic E-state index is 15.5. The predicted molar refractivity (Wildman–Crippen MR) is 158 cm³/mol. The minimum absolute atomic E-state index is 0.0896. The number of hydrogen-bond acceptors (Lipinski definition) is 8. The summed E-state index contributed by atoms with van der Waals surface area (Å²) in [6, 6.07) is 15.5. The molecule has 0 radical (unpaired) electrons. The van der Waals surface area contributed by atoms with Crippen molar-refractivity contribution in [2.75, 3.05) is 32.9 Å². The summed E-state index contributed by atoms with van der Waals surface area (Å²) in [6.07, 6.45) is 4.45. The van der Waals surface area contributed by atoms with Gasteiger partial charge in [0.25, 0.3) is 5.91 Å². The Balaban J connectivity index is 1.48. The van der Waals surface area contributed by atoms with Crippen LogP contribution in [0.4, 0.5) is 10.2 Å². The summed E-state index contributed by atoms with van der Waals surface area (Å²) in [7, 11) is 3.79. The Morgan fingerprint density at radius 3 is 2.64 bits per heavy atom. The lowest BCUT2D eigenvalue weighted by molar-refractivity contribution is -0.128. The summed E-state index contributed by atoms with van der Waals surface area (Å²) in [6.45, 7) is 4.71. The standard InChI is InChI=1S/C31H33FN8O2/c1-31(2,38(3)4)16-20(17-33)30(41)39-14-8-9-21(18-39)40-29-26(28(34)35-19-36-29)27(37-40)24-13-12-23(15-25(24)32)42-22-10-6-5-7-11-22/h5-7,10-13,15-16,19,21H,8-9,14,18H2,1-4H3,(H2,34,35,36)/b20-16+/t21-/m1/s1. The van der Waals surface area contributed by atoms with Gasteiger partial charge in [0.15, 0.2) is 5.65 Å². The second-order valence-electron chi connectivity index (χ2n) is 11.1. The van der Waals surface area contributed by atoms with E-state index in [9.17, 15) is 10.1 Å². The Morgan fingerprint density at radius 1 is 1.19 bits per heavy atom. The number of rotatable bonds is 7. The van der Waals surface area contributed by atoms with Crippen LogP contribution in [-0.2, 0) is 4.79 Å². The first kappa shape index (κ1) is 28.7. The molecular weight excluding hydrogens is 535 g/mol. The monoisotopic (exact) mass is 568 g/mol. The lowest BCUT2D eigenvalue weighted by Crippen LogP contribution is -2.43. The molecular formula is C31H33FN8O2. The number of para-hydroxylation sites is 1. The summed E-state index contributed by atoms with van der Waals surface area (Å²) in [5, 5.41) is 15.0. The molecule has 3 heterocycles. The highest BCUT2D eigenvalue weighted by Crippen LogP contribution is 2.36. The largest absolute Gasteiger partial charge is 0.457 e. The fourth-order valence-corrected chi connectivity index (χ4v) is 4.95. The minimum Gasteiger partial charge on any atom is -0.457 e. The molecule has 1 aliphatic heterocycles. The van der Waals surface area contributed by atoms with Gasteiger partial charge in [0.05, 0.1) is 11.4 Å². The number of aromatic nitrogens is 4. The van der Waals surface area contributed by atoms with Crippen molar-refractivity contribution in [3.05, 3.63) is 72.3 Å². The number of halogens is 1. The molecule has 5 rings (SSSR count). The molecule has 0 aliphatic carbocycles. The van der Waals surface area contributed by atoms with Crippen LogP contribution in [0.15, 0.2) is 66.5 Å². The fraction of sp³-hybridized carbons (Fsp3) is 0.323. The van der Waals surface area contributed by atoms with Gasteiger partial charge in [0, 0.05) is 30.3 Å². The molecule has 216 valence electrons. The van der Waals surface area contributed by atoms with E-state index in [4.69, 9.17) is 15.6 Å². The third-order valence-corrected chi connectivity index (χ3v) is 7.72. The van der Waals surface area contributed by atoms with Crippen molar-refractivity contribution in [3.8, 4) is 28.8 Å². The maximum Gasteiger partial charge on any atom is 0.264 e. The number of carbonyl (C=O) groups excluding carboxylic acids is 1. The zero-order chi connectivity index (χ0) is 30.0. The molecule has 2 aromatic carbocycles. The van der Waals surface area contributed by atoms with Crippen LogP contribution in [-0.4, -0.2) is 68.2 Å². The van der Waals surface area contributed by atoms with Crippen molar-refractivity contribution in [2.24, 2.45) is 0 Å².